The van der Waals surface area contributed by atoms with Crippen LogP contribution in [0, 0.1) is 13.8 Å². The number of rotatable bonds is 12. The number of aryl methyl sites for hydroxylation is 2. The third-order valence-corrected chi connectivity index (χ3v) is 9.40. The van der Waals surface area contributed by atoms with Gasteiger partial charge in [0.25, 0.3) is 0 Å². The summed E-state index contributed by atoms with van der Waals surface area (Å²) in [5, 5.41) is 0. The Kier molecular flexibility index (Phi) is 9.94. The lowest BCUT2D eigenvalue weighted by Crippen LogP contribution is -2.42. The Morgan fingerprint density at radius 3 is 2.31 bits per heavy atom. The van der Waals surface area contributed by atoms with E-state index in [-0.39, 0.29) is 36.6 Å². The predicted octanol–water partition coefficient (Wildman–Crippen LogP) is 1.58. The van der Waals surface area contributed by atoms with E-state index in [1.54, 1.807) is 38.0 Å². The lowest BCUT2D eigenvalue weighted by atomic mass is 10.1. The molecule has 0 aromatic heterocycles. The number of carbonyl (C=O) groups excluding carboxylic acids is 1. The molecule has 0 radical (unpaired) electrons. The second-order valence-corrected chi connectivity index (χ2v) is 11.7. The highest BCUT2D eigenvalue weighted by Gasteiger charge is 2.29. The Bertz CT molecular complexity index is 942. The highest BCUT2D eigenvalue weighted by Crippen LogP contribution is 2.27. The summed E-state index contributed by atoms with van der Waals surface area (Å²) < 4.78 is 38.3. The molecule has 198 valence electrons. The van der Waals surface area contributed by atoms with Crippen molar-refractivity contribution >= 4 is 15.9 Å². The highest BCUT2D eigenvalue weighted by molar-refractivity contribution is 7.89. The molecule has 35 heavy (non-hydrogen) atoms. The van der Waals surface area contributed by atoms with Gasteiger partial charge in [0, 0.05) is 52.9 Å². The summed E-state index contributed by atoms with van der Waals surface area (Å²) in [4.78, 5) is 19.7. The highest BCUT2D eigenvalue weighted by atomic mass is 32.2. The molecule has 0 N–H and O–H groups in total. The van der Waals surface area contributed by atoms with Crippen molar-refractivity contribution in [3.63, 3.8) is 0 Å². The monoisotopic (exact) mass is 510 g/mol. The van der Waals surface area contributed by atoms with Gasteiger partial charge < -0.3 is 19.3 Å². The van der Waals surface area contributed by atoms with Crippen LogP contribution in [0.2, 0.25) is 0 Å². The quantitative estimate of drug-likeness (QED) is 0.395. The first-order valence-corrected chi connectivity index (χ1v) is 14.0. The Balaban J connectivity index is 1.41. The molecule has 2 aliphatic rings. The summed E-state index contributed by atoms with van der Waals surface area (Å²) in [6.45, 7) is 10.3. The van der Waals surface area contributed by atoms with E-state index < -0.39 is 10.0 Å². The van der Waals surface area contributed by atoms with Crippen LogP contribution >= 0.6 is 0 Å². The molecule has 1 aromatic carbocycles. The van der Waals surface area contributed by atoms with Gasteiger partial charge in [-0.05, 0) is 69.5 Å². The van der Waals surface area contributed by atoms with Crippen LogP contribution in [-0.4, -0.2) is 120 Å². The van der Waals surface area contributed by atoms with Gasteiger partial charge in [0.1, 0.15) is 12.4 Å². The van der Waals surface area contributed by atoms with Crippen LogP contribution in [0.3, 0.4) is 0 Å². The maximum atomic E-state index is 13.1. The van der Waals surface area contributed by atoms with E-state index in [4.69, 9.17) is 9.47 Å². The number of carbonyl (C=O) groups is 1. The summed E-state index contributed by atoms with van der Waals surface area (Å²) in [6.07, 6.45) is 3.59. The van der Waals surface area contributed by atoms with Crippen LogP contribution in [0.5, 0.6) is 5.75 Å². The zero-order chi connectivity index (χ0) is 25.6. The van der Waals surface area contributed by atoms with Crippen molar-refractivity contribution in [2.24, 2.45) is 0 Å². The Morgan fingerprint density at radius 1 is 1.06 bits per heavy atom. The molecule has 3 rings (SSSR count). The van der Waals surface area contributed by atoms with Crippen molar-refractivity contribution in [1.29, 1.82) is 0 Å². The van der Waals surface area contributed by atoms with E-state index in [9.17, 15) is 13.2 Å². The summed E-state index contributed by atoms with van der Waals surface area (Å²) >= 11 is 0. The summed E-state index contributed by atoms with van der Waals surface area (Å²) in [6, 6.07) is 3.64. The SMILES string of the molecule is COc1cc(C)c(S(=O)(=O)N(C)CCOCC(=O)N(C)[C@H]2CCN(CCN3CCCC3)C2)c(C)c1. The minimum absolute atomic E-state index is 0.0464. The minimum Gasteiger partial charge on any atom is -0.497 e. The van der Waals surface area contributed by atoms with Crippen molar-refractivity contribution in [3.8, 4) is 5.75 Å². The van der Waals surface area contributed by atoms with Crippen molar-refractivity contribution in [2.45, 2.75) is 44.0 Å². The molecule has 10 heteroatoms. The topological polar surface area (TPSA) is 82.6 Å². The van der Waals surface area contributed by atoms with E-state index in [1.165, 1.54) is 37.3 Å². The van der Waals surface area contributed by atoms with E-state index in [1.807, 2.05) is 7.05 Å². The summed E-state index contributed by atoms with van der Waals surface area (Å²) in [7, 11) is 1.25. The van der Waals surface area contributed by atoms with Gasteiger partial charge in [-0.3, -0.25) is 9.69 Å². The maximum Gasteiger partial charge on any atom is 0.248 e. The number of hydrogen-bond donors (Lipinski definition) is 0. The molecule has 1 aromatic rings. The van der Waals surface area contributed by atoms with Gasteiger partial charge in [0.15, 0.2) is 0 Å². The molecule has 2 aliphatic heterocycles. The van der Waals surface area contributed by atoms with Gasteiger partial charge >= 0.3 is 0 Å². The molecule has 0 spiro atoms. The molecule has 1 amide bonds. The van der Waals surface area contributed by atoms with Crippen LogP contribution in [0.25, 0.3) is 0 Å². The fraction of sp³-hybridized carbons (Fsp3) is 0.720. The van der Waals surface area contributed by atoms with Gasteiger partial charge in [-0.1, -0.05) is 0 Å². The molecular weight excluding hydrogens is 468 g/mol. The predicted molar refractivity (Wildman–Crippen MR) is 136 cm³/mol. The fourth-order valence-electron chi connectivity index (χ4n) is 4.99. The number of likely N-dealkylation sites (tertiary alicyclic amines) is 2. The first-order valence-electron chi connectivity index (χ1n) is 12.5. The summed E-state index contributed by atoms with van der Waals surface area (Å²) in [5.41, 5.74) is 1.27. The van der Waals surface area contributed by atoms with E-state index in [2.05, 4.69) is 9.80 Å². The zero-order valence-electron chi connectivity index (χ0n) is 22.0. The lowest BCUT2D eigenvalue weighted by Gasteiger charge is -2.26. The Hall–Kier alpha value is -1.72. The first-order chi connectivity index (χ1) is 16.6. The molecule has 2 fully saturated rings. The van der Waals surface area contributed by atoms with Gasteiger partial charge in [0.2, 0.25) is 15.9 Å². The van der Waals surface area contributed by atoms with E-state index in [0.717, 1.165) is 32.6 Å². The number of sulfonamides is 1. The molecule has 0 saturated carbocycles. The normalized spacial score (nSPS) is 19.5. The molecule has 2 heterocycles. The number of ether oxygens (including phenoxy) is 2. The second-order valence-electron chi connectivity index (χ2n) is 9.77. The van der Waals surface area contributed by atoms with Gasteiger partial charge in [-0.25, -0.2) is 8.42 Å². The Labute approximate surface area is 211 Å². The molecule has 1 atom stereocenters. The average molecular weight is 511 g/mol. The van der Waals surface area contributed by atoms with E-state index in [0.29, 0.717) is 16.9 Å². The Morgan fingerprint density at radius 2 is 1.69 bits per heavy atom. The van der Waals surface area contributed by atoms with Crippen molar-refractivity contribution in [3.05, 3.63) is 23.3 Å². The smallest absolute Gasteiger partial charge is 0.248 e. The van der Waals surface area contributed by atoms with Gasteiger partial charge in [0.05, 0.1) is 18.6 Å². The molecular formula is C25H42N4O5S. The molecule has 0 unspecified atom stereocenters. The third-order valence-electron chi connectivity index (χ3n) is 7.23. The number of hydrogen-bond acceptors (Lipinski definition) is 7. The maximum absolute atomic E-state index is 13.1. The van der Waals surface area contributed by atoms with Crippen LogP contribution in [0.1, 0.15) is 30.4 Å². The number of likely N-dealkylation sites (N-methyl/N-ethyl adjacent to an activating group) is 2. The zero-order valence-corrected chi connectivity index (χ0v) is 22.8. The molecule has 0 bridgehead atoms. The standard InChI is InChI=1S/C25H42N4O5S/c1-20-16-23(33-5)17-21(2)25(20)35(31,32)26(3)14-15-34-19-24(30)27(4)22-8-11-29(18-22)13-12-28-9-6-7-10-28/h16-17,22H,6-15,18-19H2,1-5H3/t22-/m0/s1. The second kappa shape index (κ2) is 12.5. The third kappa shape index (κ3) is 7.16. The average Bonchev–Trinajstić information content (AvgIpc) is 3.51. The van der Waals surface area contributed by atoms with Crippen LogP contribution in [0.4, 0.5) is 0 Å². The largest absolute Gasteiger partial charge is 0.497 e. The number of benzene rings is 1. The van der Waals surface area contributed by atoms with Crippen molar-refractivity contribution in [1.82, 2.24) is 19.0 Å². The first kappa shape index (κ1) is 27.9. The van der Waals surface area contributed by atoms with Crippen LogP contribution in [-0.2, 0) is 19.6 Å². The number of amides is 1. The van der Waals surface area contributed by atoms with Gasteiger partial charge in [-0.15, -0.1) is 0 Å². The lowest BCUT2D eigenvalue weighted by molar-refractivity contribution is -0.136. The molecule has 0 aliphatic carbocycles. The van der Waals surface area contributed by atoms with Crippen molar-refractivity contribution in [2.75, 3.05) is 80.2 Å². The summed E-state index contributed by atoms with van der Waals surface area (Å²) in [5.74, 6) is 0.563. The van der Waals surface area contributed by atoms with Crippen LogP contribution in [0.15, 0.2) is 17.0 Å². The van der Waals surface area contributed by atoms with Crippen LogP contribution < -0.4 is 4.74 Å². The van der Waals surface area contributed by atoms with Crippen molar-refractivity contribution < 1.29 is 22.7 Å². The molecule has 2 saturated heterocycles. The minimum atomic E-state index is -3.68. The van der Waals surface area contributed by atoms with Gasteiger partial charge in [-0.2, -0.15) is 4.31 Å². The fourth-order valence-corrected chi connectivity index (χ4v) is 6.55. The number of nitrogens with zero attached hydrogens (tertiary/aromatic N) is 4. The molecule has 9 nitrogen and oxygen atoms in total. The van der Waals surface area contributed by atoms with E-state index >= 15 is 0 Å². The number of methoxy groups -OCH3 is 1.